The number of carbonyl (C=O) groups excluding carboxylic acids is 2. The smallest absolute Gasteiger partial charge is 0.337 e. The Hall–Kier alpha value is -3.19. The minimum atomic E-state index is -4.37. The van der Waals surface area contributed by atoms with Gasteiger partial charge in [-0.15, -0.1) is 0 Å². The Kier molecular flexibility index (Phi) is 5.54. The number of aliphatic hydroxyl groups excluding tert-OH is 1. The van der Waals surface area contributed by atoms with Crippen LogP contribution in [0.4, 0.5) is 29.5 Å². The van der Waals surface area contributed by atoms with E-state index in [-0.39, 0.29) is 29.9 Å². The maximum Gasteiger partial charge on any atom is 0.337 e. The number of halogens is 3. The Morgan fingerprint density at radius 2 is 1.75 bits per heavy atom. The van der Waals surface area contributed by atoms with Crippen molar-refractivity contribution in [2.24, 2.45) is 0 Å². The third-order valence-electron chi connectivity index (χ3n) is 5.32. The molecule has 9 nitrogen and oxygen atoms in total. The van der Waals surface area contributed by atoms with Gasteiger partial charge in [-0.2, -0.15) is 0 Å². The van der Waals surface area contributed by atoms with E-state index >= 15 is 0 Å². The maximum atomic E-state index is 13.4. The summed E-state index contributed by atoms with van der Waals surface area (Å²) in [6.45, 7) is 0. The Balaban J connectivity index is 1.63. The second kappa shape index (κ2) is 8.06. The summed E-state index contributed by atoms with van der Waals surface area (Å²) in [5.41, 5.74) is -0.657. The number of fused-ring (bicyclic) bond motifs is 1. The van der Waals surface area contributed by atoms with Gasteiger partial charge in [0.05, 0.1) is 17.7 Å². The number of hydrogen-bond donors (Lipinski definition) is 3. The molecule has 1 fully saturated rings. The lowest BCUT2D eigenvalue weighted by Gasteiger charge is -2.37. The summed E-state index contributed by atoms with van der Waals surface area (Å²) >= 11 is 0. The van der Waals surface area contributed by atoms with Gasteiger partial charge in [-0.1, -0.05) is 0 Å². The lowest BCUT2D eigenvalue weighted by atomic mass is 9.93. The van der Waals surface area contributed by atoms with Crippen molar-refractivity contribution in [3.8, 4) is 0 Å². The topological polar surface area (TPSA) is 129 Å². The lowest BCUT2D eigenvalue weighted by Crippen LogP contribution is -2.51. The summed E-state index contributed by atoms with van der Waals surface area (Å²) < 4.78 is 66.8. The molecule has 170 valence electrons. The highest BCUT2D eigenvalue weighted by atomic mass is 32.2. The molecular weight excluding hydrogens is 453 g/mol. The molecule has 0 radical (unpaired) electrons. The van der Waals surface area contributed by atoms with E-state index in [0.29, 0.717) is 29.3 Å². The zero-order chi connectivity index (χ0) is 23.2. The van der Waals surface area contributed by atoms with Gasteiger partial charge in [-0.25, -0.2) is 35.7 Å². The van der Waals surface area contributed by atoms with E-state index in [0.717, 1.165) is 12.3 Å². The normalized spacial score (nSPS) is 22.1. The SMILES string of the molecule is O=C(Nc1cc(F)c(F)c(F)c1)c1cnc2c(c1)S(=O)(=O)N([C@H]1CC[C@H](O)CC1)C(=O)N2. The second-order valence-electron chi connectivity index (χ2n) is 7.47. The van der Waals surface area contributed by atoms with Gasteiger partial charge in [0.1, 0.15) is 4.90 Å². The van der Waals surface area contributed by atoms with E-state index in [1.165, 1.54) is 0 Å². The number of aliphatic hydroxyl groups is 1. The van der Waals surface area contributed by atoms with E-state index in [1.54, 1.807) is 0 Å². The minimum Gasteiger partial charge on any atom is -0.393 e. The van der Waals surface area contributed by atoms with Crippen molar-refractivity contribution in [1.29, 1.82) is 0 Å². The number of amides is 3. The van der Waals surface area contributed by atoms with E-state index in [2.05, 4.69) is 15.6 Å². The van der Waals surface area contributed by atoms with Crippen LogP contribution < -0.4 is 10.6 Å². The molecule has 13 heteroatoms. The molecule has 0 saturated heterocycles. The first-order chi connectivity index (χ1) is 15.1. The number of pyridine rings is 1. The average molecular weight is 470 g/mol. The number of anilines is 2. The fraction of sp³-hybridized carbons (Fsp3) is 0.316. The van der Waals surface area contributed by atoms with Crippen molar-refractivity contribution in [3.63, 3.8) is 0 Å². The Bertz CT molecular complexity index is 1190. The molecule has 1 aromatic carbocycles. The Morgan fingerprint density at radius 3 is 2.38 bits per heavy atom. The molecule has 0 spiro atoms. The number of nitrogens with one attached hydrogen (secondary N) is 2. The van der Waals surface area contributed by atoms with Gasteiger partial charge in [-0.05, 0) is 31.7 Å². The first kappa shape index (κ1) is 22.0. The van der Waals surface area contributed by atoms with E-state index < -0.39 is 56.5 Å². The zero-order valence-corrected chi connectivity index (χ0v) is 17.1. The zero-order valence-electron chi connectivity index (χ0n) is 16.3. The molecule has 0 bridgehead atoms. The number of hydrogen-bond acceptors (Lipinski definition) is 6. The molecule has 3 N–H and O–H groups in total. The molecule has 1 saturated carbocycles. The van der Waals surface area contributed by atoms with Crippen LogP contribution in [0.2, 0.25) is 0 Å². The highest BCUT2D eigenvalue weighted by molar-refractivity contribution is 7.90. The molecule has 0 unspecified atom stereocenters. The van der Waals surface area contributed by atoms with Crippen molar-refractivity contribution in [3.05, 3.63) is 47.4 Å². The van der Waals surface area contributed by atoms with Gasteiger partial charge >= 0.3 is 6.03 Å². The van der Waals surface area contributed by atoms with E-state index in [4.69, 9.17) is 0 Å². The number of sulfonamides is 1. The number of aromatic nitrogens is 1. The fourth-order valence-electron chi connectivity index (χ4n) is 3.72. The highest BCUT2D eigenvalue weighted by Crippen LogP contribution is 2.34. The summed E-state index contributed by atoms with van der Waals surface area (Å²) in [4.78, 5) is 28.3. The molecule has 4 rings (SSSR count). The third kappa shape index (κ3) is 3.88. The van der Waals surface area contributed by atoms with Crippen LogP contribution >= 0.6 is 0 Å². The van der Waals surface area contributed by atoms with E-state index in [9.17, 15) is 36.3 Å². The molecule has 3 amide bonds. The first-order valence-corrected chi connectivity index (χ1v) is 11.0. The van der Waals surface area contributed by atoms with Crippen LogP contribution in [0.3, 0.4) is 0 Å². The summed E-state index contributed by atoms with van der Waals surface area (Å²) in [6.07, 6.45) is 1.64. The lowest BCUT2D eigenvalue weighted by molar-refractivity contribution is 0.102. The standard InChI is InChI=1S/C19H17F3N4O5S/c20-13-6-10(7-14(21)16(13)22)24-18(28)9-5-15-17(23-8-9)25-19(29)26(32(15,30)31)11-1-3-12(27)4-2-11/h5-8,11-12,27H,1-4H2,(H,24,28)(H,23,25,29)/t11-,12-. The van der Waals surface area contributed by atoms with Gasteiger partial charge in [0.15, 0.2) is 23.3 Å². The van der Waals surface area contributed by atoms with Crippen LogP contribution in [0, 0.1) is 17.5 Å². The third-order valence-corrected chi connectivity index (χ3v) is 7.17. The van der Waals surface area contributed by atoms with Gasteiger partial charge in [0.25, 0.3) is 15.9 Å². The summed E-state index contributed by atoms with van der Waals surface area (Å²) in [6, 6.07) is 0.560. The van der Waals surface area contributed by atoms with Gasteiger partial charge in [-0.3, -0.25) is 10.1 Å². The summed E-state index contributed by atoms with van der Waals surface area (Å²) in [7, 11) is -4.37. The van der Waals surface area contributed by atoms with Crippen molar-refractivity contribution in [2.45, 2.75) is 42.7 Å². The predicted molar refractivity (Wildman–Crippen MR) is 105 cm³/mol. The van der Waals surface area contributed by atoms with Crippen molar-refractivity contribution in [1.82, 2.24) is 9.29 Å². The van der Waals surface area contributed by atoms with Crippen LogP contribution in [0.5, 0.6) is 0 Å². The van der Waals surface area contributed by atoms with Crippen LogP contribution in [0.1, 0.15) is 36.0 Å². The van der Waals surface area contributed by atoms with Crippen LogP contribution in [-0.2, 0) is 10.0 Å². The van der Waals surface area contributed by atoms with Crippen LogP contribution in [0.25, 0.3) is 0 Å². The summed E-state index contributed by atoms with van der Waals surface area (Å²) in [5, 5.41) is 14.2. The van der Waals surface area contributed by atoms with Gasteiger partial charge < -0.3 is 10.4 Å². The molecule has 2 aliphatic rings. The molecule has 1 aliphatic heterocycles. The quantitative estimate of drug-likeness (QED) is 0.592. The highest BCUT2D eigenvalue weighted by Gasteiger charge is 2.43. The van der Waals surface area contributed by atoms with E-state index in [1.807, 2.05) is 0 Å². The fourth-order valence-corrected chi connectivity index (χ4v) is 5.42. The Labute approximate surface area is 180 Å². The van der Waals surface area contributed by atoms with Crippen LogP contribution in [-0.4, -0.2) is 46.9 Å². The van der Waals surface area contributed by atoms with Gasteiger partial charge in [0, 0.05) is 24.0 Å². The molecule has 0 atom stereocenters. The number of benzene rings is 1. The Morgan fingerprint density at radius 1 is 1.12 bits per heavy atom. The number of rotatable bonds is 3. The molecule has 1 aromatic heterocycles. The predicted octanol–water partition coefficient (Wildman–Crippen LogP) is 2.59. The minimum absolute atomic E-state index is 0.266. The maximum absolute atomic E-state index is 13.4. The molecular formula is C19H17F3N4O5S. The number of urea groups is 1. The molecule has 1 aliphatic carbocycles. The largest absolute Gasteiger partial charge is 0.393 e. The molecule has 2 aromatic rings. The number of nitrogens with zero attached hydrogens (tertiary/aromatic N) is 2. The monoisotopic (exact) mass is 470 g/mol. The average Bonchev–Trinajstić information content (AvgIpc) is 2.73. The van der Waals surface area contributed by atoms with Crippen molar-refractivity contribution >= 4 is 33.5 Å². The van der Waals surface area contributed by atoms with Crippen molar-refractivity contribution in [2.75, 3.05) is 10.6 Å². The molecule has 2 heterocycles. The first-order valence-electron chi connectivity index (χ1n) is 9.57. The second-order valence-corrected chi connectivity index (χ2v) is 9.26. The van der Waals surface area contributed by atoms with Gasteiger partial charge in [0.2, 0.25) is 0 Å². The van der Waals surface area contributed by atoms with Crippen molar-refractivity contribution < 1.29 is 36.3 Å². The van der Waals surface area contributed by atoms with Crippen LogP contribution in [0.15, 0.2) is 29.3 Å². The number of carbonyl (C=O) groups is 2. The molecule has 32 heavy (non-hydrogen) atoms. The summed E-state index contributed by atoms with van der Waals surface area (Å²) in [5.74, 6) is -5.94.